The summed E-state index contributed by atoms with van der Waals surface area (Å²) in [4.78, 5) is 19.6. The number of carbonyl (C=O) groups is 1. The Hall–Kier alpha value is -2.43. The van der Waals surface area contributed by atoms with Gasteiger partial charge in [-0.1, -0.05) is 0 Å². The Balaban J connectivity index is 2.06. The summed E-state index contributed by atoms with van der Waals surface area (Å²) in [5.74, 6) is 0.610. The molecule has 5 nitrogen and oxygen atoms in total. The highest BCUT2D eigenvalue weighted by Crippen LogP contribution is 2.18. The lowest BCUT2D eigenvalue weighted by Crippen LogP contribution is -2.04. The van der Waals surface area contributed by atoms with Crippen molar-refractivity contribution in [1.82, 2.24) is 9.97 Å². The Bertz CT molecular complexity index is 550. The van der Waals surface area contributed by atoms with Gasteiger partial charge in [0.05, 0.1) is 18.4 Å². The van der Waals surface area contributed by atoms with Crippen LogP contribution in [0.5, 0.6) is 11.6 Å². The lowest BCUT2D eigenvalue weighted by Gasteiger charge is -2.05. The molecular weight excluding hydrogens is 244 g/mol. The molecule has 0 N–H and O–H groups in total. The summed E-state index contributed by atoms with van der Waals surface area (Å²) in [6, 6.07) is 6.89. The lowest BCUT2D eigenvalue weighted by atomic mass is 10.3. The van der Waals surface area contributed by atoms with Crippen LogP contribution in [0.15, 0.2) is 36.7 Å². The Kier molecular flexibility index (Phi) is 4.07. The van der Waals surface area contributed by atoms with Gasteiger partial charge in [0.1, 0.15) is 5.75 Å². The fourth-order valence-corrected chi connectivity index (χ4v) is 1.41. The third kappa shape index (κ3) is 3.51. The van der Waals surface area contributed by atoms with Crippen molar-refractivity contribution in [3.05, 3.63) is 47.9 Å². The van der Waals surface area contributed by atoms with Crippen molar-refractivity contribution in [3.63, 3.8) is 0 Å². The third-order valence-corrected chi connectivity index (χ3v) is 2.35. The number of aromatic nitrogens is 2. The van der Waals surface area contributed by atoms with Crippen molar-refractivity contribution >= 4 is 5.97 Å². The molecule has 0 saturated heterocycles. The minimum Gasteiger partial charge on any atom is -0.462 e. The Labute approximate surface area is 111 Å². The van der Waals surface area contributed by atoms with E-state index in [4.69, 9.17) is 9.47 Å². The molecule has 19 heavy (non-hydrogen) atoms. The molecule has 2 aromatic heterocycles. The number of pyridine rings is 2. The molecule has 2 heterocycles. The second-order valence-electron chi connectivity index (χ2n) is 3.84. The average Bonchev–Trinajstić information content (AvgIpc) is 2.42. The molecule has 2 rings (SSSR count). The van der Waals surface area contributed by atoms with Crippen LogP contribution >= 0.6 is 0 Å². The number of rotatable bonds is 4. The van der Waals surface area contributed by atoms with Crippen LogP contribution in [0.1, 0.15) is 23.0 Å². The Morgan fingerprint density at radius 3 is 2.58 bits per heavy atom. The number of carbonyl (C=O) groups excluding carboxylic acids is 1. The van der Waals surface area contributed by atoms with Crippen molar-refractivity contribution in [2.24, 2.45) is 0 Å². The van der Waals surface area contributed by atoms with Crippen LogP contribution in [0, 0.1) is 6.92 Å². The van der Waals surface area contributed by atoms with E-state index in [1.54, 1.807) is 25.3 Å². The van der Waals surface area contributed by atoms with Gasteiger partial charge in [0.2, 0.25) is 5.88 Å². The van der Waals surface area contributed by atoms with E-state index in [0.29, 0.717) is 23.8 Å². The molecule has 0 atom stereocenters. The fraction of sp³-hybridized carbons (Fsp3) is 0.214. The lowest BCUT2D eigenvalue weighted by molar-refractivity contribution is 0.0526. The number of hydrogen-bond acceptors (Lipinski definition) is 5. The van der Waals surface area contributed by atoms with Crippen LogP contribution in [-0.4, -0.2) is 22.5 Å². The van der Waals surface area contributed by atoms with E-state index in [1.165, 1.54) is 6.20 Å². The molecule has 0 aliphatic carbocycles. The zero-order valence-corrected chi connectivity index (χ0v) is 10.8. The Morgan fingerprint density at radius 2 is 2.00 bits per heavy atom. The smallest absolute Gasteiger partial charge is 0.339 e. The van der Waals surface area contributed by atoms with Gasteiger partial charge in [-0.2, -0.15) is 0 Å². The maximum Gasteiger partial charge on any atom is 0.339 e. The molecule has 98 valence electrons. The summed E-state index contributed by atoms with van der Waals surface area (Å²) in [7, 11) is 0. The second-order valence-corrected chi connectivity index (χ2v) is 3.84. The van der Waals surface area contributed by atoms with E-state index in [-0.39, 0.29) is 0 Å². The van der Waals surface area contributed by atoms with E-state index in [1.807, 2.05) is 19.1 Å². The molecule has 0 unspecified atom stereocenters. The molecule has 0 spiro atoms. The van der Waals surface area contributed by atoms with Gasteiger partial charge in [0.25, 0.3) is 0 Å². The van der Waals surface area contributed by atoms with Crippen molar-refractivity contribution in [2.45, 2.75) is 13.8 Å². The normalized spacial score (nSPS) is 10.0. The largest absolute Gasteiger partial charge is 0.462 e. The van der Waals surface area contributed by atoms with Gasteiger partial charge < -0.3 is 9.47 Å². The molecule has 5 heteroatoms. The van der Waals surface area contributed by atoms with Gasteiger partial charge in [-0.15, -0.1) is 0 Å². The molecular formula is C14H14N2O3. The third-order valence-electron chi connectivity index (χ3n) is 2.35. The zero-order chi connectivity index (χ0) is 13.7. The topological polar surface area (TPSA) is 61.3 Å². The monoisotopic (exact) mass is 258 g/mol. The van der Waals surface area contributed by atoms with Gasteiger partial charge in [-0.3, -0.25) is 4.98 Å². The van der Waals surface area contributed by atoms with Crippen LogP contribution in [0.25, 0.3) is 0 Å². The van der Waals surface area contributed by atoms with Gasteiger partial charge in [-0.05, 0) is 32.0 Å². The van der Waals surface area contributed by atoms with E-state index >= 15 is 0 Å². The summed E-state index contributed by atoms with van der Waals surface area (Å²) in [5.41, 5.74) is 1.31. The fourth-order valence-electron chi connectivity index (χ4n) is 1.41. The zero-order valence-electron chi connectivity index (χ0n) is 10.8. The molecule has 0 bridgehead atoms. The summed E-state index contributed by atoms with van der Waals surface area (Å²) >= 11 is 0. The standard InChI is InChI=1S/C14H14N2O3/c1-3-18-14(17)11-5-7-13(16-8-11)19-12-6-4-10(2)15-9-12/h4-9H,3H2,1-2H3. The van der Waals surface area contributed by atoms with Gasteiger partial charge in [0.15, 0.2) is 0 Å². The molecule has 0 aliphatic rings. The first-order valence-electron chi connectivity index (χ1n) is 5.92. The van der Waals surface area contributed by atoms with E-state index < -0.39 is 5.97 Å². The molecule has 0 aromatic carbocycles. The quantitative estimate of drug-likeness (QED) is 0.789. The highest BCUT2D eigenvalue weighted by molar-refractivity contribution is 5.89. The summed E-state index contributed by atoms with van der Waals surface area (Å²) in [6.07, 6.45) is 3.05. The summed E-state index contributed by atoms with van der Waals surface area (Å²) < 4.78 is 10.4. The van der Waals surface area contributed by atoms with Gasteiger partial charge >= 0.3 is 5.97 Å². The summed E-state index contributed by atoms with van der Waals surface area (Å²) in [6.45, 7) is 4.00. The first-order chi connectivity index (χ1) is 9.19. The minimum absolute atomic E-state index is 0.339. The molecule has 0 radical (unpaired) electrons. The second kappa shape index (κ2) is 5.95. The van der Waals surface area contributed by atoms with Crippen molar-refractivity contribution < 1.29 is 14.3 Å². The van der Waals surface area contributed by atoms with Crippen LogP contribution in [0.2, 0.25) is 0 Å². The highest BCUT2D eigenvalue weighted by atomic mass is 16.5. The van der Waals surface area contributed by atoms with Crippen LogP contribution in [0.4, 0.5) is 0 Å². The SMILES string of the molecule is CCOC(=O)c1ccc(Oc2ccc(C)nc2)nc1. The van der Waals surface area contributed by atoms with Gasteiger partial charge in [0, 0.05) is 18.0 Å². The first kappa shape index (κ1) is 13.0. The number of nitrogens with zero attached hydrogens (tertiary/aromatic N) is 2. The average molecular weight is 258 g/mol. The van der Waals surface area contributed by atoms with E-state index in [0.717, 1.165) is 5.69 Å². The molecule has 0 amide bonds. The van der Waals surface area contributed by atoms with Crippen molar-refractivity contribution in [3.8, 4) is 11.6 Å². The molecule has 2 aromatic rings. The number of esters is 1. The van der Waals surface area contributed by atoms with Crippen molar-refractivity contribution in [1.29, 1.82) is 0 Å². The maximum absolute atomic E-state index is 11.4. The van der Waals surface area contributed by atoms with Crippen LogP contribution in [-0.2, 0) is 4.74 Å². The first-order valence-corrected chi connectivity index (χ1v) is 5.92. The van der Waals surface area contributed by atoms with Gasteiger partial charge in [-0.25, -0.2) is 9.78 Å². The molecule has 0 saturated carbocycles. The number of ether oxygens (including phenoxy) is 2. The molecule has 0 aliphatic heterocycles. The van der Waals surface area contributed by atoms with Crippen LogP contribution in [0.3, 0.4) is 0 Å². The predicted molar refractivity (Wildman–Crippen MR) is 69.2 cm³/mol. The number of hydrogen-bond donors (Lipinski definition) is 0. The predicted octanol–water partition coefficient (Wildman–Crippen LogP) is 2.75. The minimum atomic E-state index is -0.390. The molecule has 0 fully saturated rings. The number of aryl methyl sites for hydroxylation is 1. The highest BCUT2D eigenvalue weighted by Gasteiger charge is 2.07. The summed E-state index contributed by atoms with van der Waals surface area (Å²) in [5, 5.41) is 0. The maximum atomic E-state index is 11.4. The van der Waals surface area contributed by atoms with E-state index in [2.05, 4.69) is 9.97 Å². The van der Waals surface area contributed by atoms with Crippen molar-refractivity contribution in [2.75, 3.05) is 6.61 Å². The van der Waals surface area contributed by atoms with E-state index in [9.17, 15) is 4.79 Å². The Morgan fingerprint density at radius 1 is 1.16 bits per heavy atom. The van der Waals surface area contributed by atoms with Crippen LogP contribution < -0.4 is 4.74 Å².